The summed E-state index contributed by atoms with van der Waals surface area (Å²) in [6.45, 7) is 2.53. The third-order valence-corrected chi connectivity index (χ3v) is 5.52. The van der Waals surface area contributed by atoms with Gasteiger partial charge in [-0.1, -0.05) is 12.1 Å². The predicted molar refractivity (Wildman–Crippen MR) is 104 cm³/mol. The van der Waals surface area contributed by atoms with Crippen LogP contribution in [0.3, 0.4) is 0 Å². The molecule has 2 heterocycles. The fourth-order valence-electron chi connectivity index (χ4n) is 3.14. The Morgan fingerprint density at radius 3 is 2.73 bits per heavy atom. The number of anilines is 1. The zero-order valence-electron chi connectivity index (χ0n) is 14.8. The van der Waals surface area contributed by atoms with Crippen molar-refractivity contribution in [3.63, 3.8) is 0 Å². The Labute approximate surface area is 156 Å². The van der Waals surface area contributed by atoms with E-state index in [0.29, 0.717) is 30.5 Å². The summed E-state index contributed by atoms with van der Waals surface area (Å²) in [6.07, 6.45) is 2.48. The van der Waals surface area contributed by atoms with Crippen molar-refractivity contribution in [2.75, 3.05) is 31.6 Å². The minimum Gasteiger partial charge on any atom is -0.363 e. The molecule has 26 heavy (non-hydrogen) atoms. The first-order valence-electron chi connectivity index (χ1n) is 8.86. The summed E-state index contributed by atoms with van der Waals surface area (Å²) in [5.74, 6) is -0.864. The van der Waals surface area contributed by atoms with Crippen molar-refractivity contribution in [3.05, 3.63) is 52.9 Å². The van der Waals surface area contributed by atoms with Crippen LogP contribution in [0.5, 0.6) is 0 Å². The third kappa shape index (κ3) is 4.72. The first kappa shape index (κ1) is 18.6. The lowest BCUT2D eigenvalue weighted by atomic mass is 10.1. The van der Waals surface area contributed by atoms with E-state index in [0.717, 1.165) is 32.0 Å². The van der Waals surface area contributed by atoms with Gasteiger partial charge < -0.3 is 15.5 Å². The molecular formula is C19H24F2N4S. The molecule has 3 rings (SSSR count). The fraction of sp³-hybridized carbons (Fsp3) is 0.421. The van der Waals surface area contributed by atoms with Crippen molar-refractivity contribution in [3.8, 4) is 0 Å². The number of piperidine rings is 1. The van der Waals surface area contributed by atoms with Gasteiger partial charge in [0.15, 0.2) is 17.6 Å². The van der Waals surface area contributed by atoms with Gasteiger partial charge in [-0.2, -0.15) is 0 Å². The fourth-order valence-corrected chi connectivity index (χ4v) is 3.92. The maximum absolute atomic E-state index is 13.7. The monoisotopic (exact) mass is 378 g/mol. The van der Waals surface area contributed by atoms with E-state index in [1.54, 1.807) is 24.5 Å². The van der Waals surface area contributed by atoms with Crippen LogP contribution in [0.4, 0.5) is 13.8 Å². The molecule has 0 bridgehead atoms. The van der Waals surface area contributed by atoms with Crippen molar-refractivity contribution >= 4 is 22.3 Å². The van der Waals surface area contributed by atoms with E-state index < -0.39 is 11.6 Å². The largest absolute Gasteiger partial charge is 0.363 e. The zero-order chi connectivity index (χ0) is 18.4. The van der Waals surface area contributed by atoms with Gasteiger partial charge in [-0.3, -0.25) is 4.99 Å². The van der Waals surface area contributed by atoms with E-state index >= 15 is 0 Å². The molecular weight excluding hydrogens is 354 g/mol. The number of benzene rings is 1. The number of hydrogen-bond donors (Lipinski definition) is 2. The number of nitrogens with zero attached hydrogens (tertiary/aromatic N) is 2. The molecule has 0 amide bonds. The summed E-state index contributed by atoms with van der Waals surface area (Å²) in [5.41, 5.74) is 0.372. The second-order valence-corrected chi connectivity index (χ2v) is 7.25. The number of nitrogens with one attached hydrogen (secondary N) is 2. The van der Waals surface area contributed by atoms with Crippen LogP contribution in [0.1, 0.15) is 18.4 Å². The number of halogens is 2. The van der Waals surface area contributed by atoms with E-state index in [2.05, 4.69) is 38.0 Å². The standard InChI is InChI=1S/C19H24F2N4S/c1-22-19(23-10-7-14-4-2-5-16(20)18(14)21)24-15-8-11-25(12-9-15)17-6-3-13-26-17/h2-6,13,15H,7-12H2,1H3,(H2,22,23,24). The molecule has 2 aromatic rings. The van der Waals surface area contributed by atoms with E-state index in [1.165, 1.54) is 11.1 Å². The molecule has 7 heteroatoms. The highest BCUT2D eigenvalue weighted by molar-refractivity contribution is 7.14. The lowest BCUT2D eigenvalue weighted by molar-refractivity contribution is 0.462. The molecule has 1 aliphatic heterocycles. The van der Waals surface area contributed by atoms with Crippen LogP contribution in [0.15, 0.2) is 40.7 Å². The summed E-state index contributed by atoms with van der Waals surface area (Å²) < 4.78 is 26.9. The Morgan fingerprint density at radius 2 is 2.04 bits per heavy atom. The van der Waals surface area contributed by atoms with Gasteiger partial charge in [0.05, 0.1) is 5.00 Å². The molecule has 0 unspecified atom stereocenters. The first-order chi connectivity index (χ1) is 12.7. The van der Waals surface area contributed by atoms with Gasteiger partial charge in [0.1, 0.15) is 0 Å². The lowest BCUT2D eigenvalue weighted by Gasteiger charge is -2.33. The van der Waals surface area contributed by atoms with Crippen molar-refractivity contribution in [1.29, 1.82) is 0 Å². The second-order valence-electron chi connectivity index (χ2n) is 6.32. The summed E-state index contributed by atoms with van der Waals surface area (Å²) in [7, 11) is 1.72. The number of hydrogen-bond acceptors (Lipinski definition) is 3. The highest BCUT2D eigenvalue weighted by Crippen LogP contribution is 2.24. The average Bonchev–Trinajstić information content (AvgIpc) is 3.19. The first-order valence-corrected chi connectivity index (χ1v) is 9.74. The lowest BCUT2D eigenvalue weighted by Crippen LogP contribution is -2.49. The van der Waals surface area contributed by atoms with Gasteiger partial charge >= 0.3 is 0 Å². The molecule has 4 nitrogen and oxygen atoms in total. The Morgan fingerprint density at radius 1 is 1.23 bits per heavy atom. The molecule has 2 N–H and O–H groups in total. The Balaban J connectivity index is 1.43. The van der Waals surface area contributed by atoms with Crippen molar-refractivity contribution in [2.45, 2.75) is 25.3 Å². The van der Waals surface area contributed by atoms with Crippen LogP contribution in [-0.4, -0.2) is 38.7 Å². The van der Waals surface area contributed by atoms with E-state index in [1.807, 2.05) is 0 Å². The maximum atomic E-state index is 13.7. The van der Waals surface area contributed by atoms with Crippen LogP contribution in [0.25, 0.3) is 0 Å². The second kappa shape index (κ2) is 8.98. The molecule has 1 aromatic heterocycles. The van der Waals surface area contributed by atoms with Gasteiger partial charge in [0.2, 0.25) is 0 Å². The van der Waals surface area contributed by atoms with Crippen LogP contribution in [0.2, 0.25) is 0 Å². The summed E-state index contributed by atoms with van der Waals surface area (Å²) in [6, 6.07) is 8.87. The summed E-state index contributed by atoms with van der Waals surface area (Å²) in [5, 5.41) is 10.0. The quantitative estimate of drug-likeness (QED) is 0.619. The molecule has 1 aromatic carbocycles. The summed E-state index contributed by atoms with van der Waals surface area (Å²) in [4.78, 5) is 6.65. The molecule has 140 valence electrons. The van der Waals surface area contributed by atoms with E-state index in [-0.39, 0.29) is 0 Å². The minimum atomic E-state index is -0.803. The Bertz CT molecular complexity index is 725. The van der Waals surface area contributed by atoms with Gasteiger partial charge in [-0.15, -0.1) is 11.3 Å². The van der Waals surface area contributed by atoms with Crippen molar-refractivity contribution in [2.24, 2.45) is 4.99 Å². The maximum Gasteiger partial charge on any atom is 0.191 e. The third-order valence-electron chi connectivity index (χ3n) is 4.60. The summed E-state index contributed by atoms with van der Waals surface area (Å²) >= 11 is 1.77. The van der Waals surface area contributed by atoms with Crippen LogP contribution in [-0.2, 0) is 6.42 Å². The molecule has 1 aliphatic rings. The van der Waals surface area contributed by atoms with E-state index in [9.17, 15) is 8.78 Å². The molecule has 0 radical (unpaired) electrons. The topological polar surface area (TPSA) is 39.7 Å². The molecule has 0 spiro atoms. The number of rotatable bonds is 5. The molecule has 0 atom stereocenters. The molecule has 0 aliphatic carbocycles. The zero-order valence-corrected chi connectivity index (χ0v) is 15.7. The number of guanidine groups is 1. The van der Waals surface area contributed by atoms with Crippen LogP contribution in [0, 0.1) is 11.6 Å². The normalized spacial score (nSPS) is 16.0. The highest BCUT2D eigenvalue weighted by atomic mass is 32.1. The highest BCUT2D eigenvalue weighted by Gasteiger charge is 2.20. The average molecular weight is 378 g/mol. The SMILES string of the molecule is CN=C(NCCc1cccc(F)c1F)NC1CCN(c2cccs2)CC1. The van der Waals surface area contributed by atoms with Gasteiger partial charge in [0.25, 0.3) is 0 Å². The smallest absolute Gasteiger partial charge is 0.191 e. The predicted octanol–water partition coefficient (Wildman–Crippen LogP) is 3.40. The number of aliphatic imine (C=N–C) groups is 1. The molecule has 0 saturated carbocycles. The number of thiophene rings is 1. The van der Waals surface area contributed by atoms with Gasteiger partial charge in [0, 0.05) is 32.7 Å². The molecule has 1 saturated heterocycles. The van der Waals surface area contributed by atoms with Gasteiger partial charge in [-0.05, 0) is 48.4 Å². The molecule has 1 fully saturated rings. The van der Waals surface area contributed by atoms with Crippen LogP contribution >= 0.6 is 11.3 Å². The Kier molecular flexibility index (Phi) is 6.44. The van der Waals surface area contributed by atoms with E-state index in [4.69, 9.17) is 0 Å². The van der Waals surface area contributed by atoms with Gasteiger partial charge in [-0.25, -0.2) is 8.78 Å². The minimum absolute atomic E-state index is 0.364. The van der Waals surface area contributed by atoms with Crippen molar-refractivity contribution < 1.29 is 8.78 Å². The van der Waals surface area contributed by atoms with Crippen LogP contribution < -0.4 is 15.5 Å². The van der Waals surface area contributed by atoms with Crippen molar-refractivity contribution in [1.82, 2.24) is 10.6 Å². The Hall–Kier alpha value is -2.15.